The van der Waals surface area contributed by atoms with Crippen LogP contribution in [-0.2, 0) is 11.3 Å². The Morgan fingerprint density at radius 3 is 3.06 bits per heavy atom. The predicted octanol–water partition coefficient (Wildman–Crippen LogP) is 2.66. The molecule has 0 aromatic carbocycles. The van der Waals surface area contributed by atoms with E-state index in [1.54, 1.807) is 0 Å². The minimum absolute atomic E-state index is 0.213. The van der Waals surface area contributed by atoms with Crippen LogP contribution in [0.1, 0.15) is 44.1 Å². The molecule has 2 aliphatic rings. The molecule has 3 rings (SSSR count). The summed E-state index contributed by atoms with van der Waals surface area (Å²) >= 11 is 0. The second kappa shape index (κ2) is 5.37. The standard InChI is InChI=1S/C15H22N2O/c1-2-7-15(6-1)10-14(5-9-18-15)17-12-13-4-3-8-16-11-13/h3-4,8,11,14,17H,1-2,5-7,9-10,12H2. The van der Waals surface area contributed by atoms with E-state index in [2.05, 4.69) is 16.4 Å². The molecule has 0 radical (unpaired) electrons. The van der Waals surface area contributed by atoms with Crippen molar-refractivity contribution < 1.29 is 4.74 Å². The fourth-order valence-corrected chi connectivity index (χ4v) is 3.33. The molecule has 0 amide bonds. The maximum Gasteiger partial charge on any atom is 0.0697 e. The Labute approximate surface area is 109 Å². The molecule has 0 bridgehead atoms. The molecule has 1 N–H and O–H groups in total. The van der Waals surface area contributed by atoms with Crippen LogP contribution in [-0.4, -0.2) is 23.2 Å². The van der Waals surface area contributed by atoms with E-state index < -0.39 is 0 Å². The number of hydrogen-bond acceptors (Lipinski definition) is 3. The third-order valence-corrected chi connectivity index (χ3v) is 4.33. The van der Waals surface area contributed by atoms with E-state index in [0.29, 0.717) is 6.04 Å². The van der Waals surface area contributed by atoms with Crippen LogP contribution in [0.2, 0.25) is 0 Å². The molecule has 1 aliphatic heterocycles. The van der Waals surface area contributed by atoms with Gasteiger partial charge < -0.3 is 10.1 Å². The van der Waals surface area contributed by atoms with Crippen LogP contribution in [0.4, 0.5) is 0 Å². The number of nitrogens with one attached hydrogen (secondary N) is 1. The molecule has 1 spiro atoms. The van der Waals surface area contributed by atoms with E-state index in [1.165, 1.54) is 37.7 Å². The van der Waals surface area contributed by atoms with Crippen LogP contribution in [0.25, 0.3) is 0 Å². The van der Waals surface area contributed by atoms with E-state index >= 15 is 0 Å². The van der Waals surface area contributed by atoms with Crippen LogP contribution in [0.5, 0.6) is 0 Å². The summed E-state index contributed by atoms with van der Waals surface area (Å²) in [5, 5.41) is 3.67. The molecule has 3 nitrogen and oxygen atoms in total. The van der Waals surface area contributed by atoms with Crippen molar-refractivity contribution in [3.05, 3.63) is 30.1 Å². The van der Waals surface area contributed by atoms with Crippen LogP contribution < -0.4 is 5.32 Å². The lowest BCUT2D eigenvalue weighted by atomic mass is 9.89. The fraction of sp³-hybridized carbons (Fsp3) is 0.667. The maximum atomic E-state index is 6.06. The number of ether oxygens (including phenoxy) is 1. The smallest absolute Gasteiger partial charge is 0.0697 e. The average molecular weight is 246 g/mol. The first kappa shape index (κ1) is 12.1. The van der Waals surface area contributed by atoms with Gasteiger partial charge in [-0.05, 0) is 37.3 Å². The zero-order valence-electron chi connectivity index (χ0n) is 10.9. The van der Waals surface area contributed by atoms with Crippen LogP contribution in [0.3, 0.4) is 0 Å². The number of pyridine rings is 1. The molecule has 1 atom stereocenters. The molecule has 1 saturated carbocycles. The summed E-state index contributed by atoms with van der Waals surface area (Å²) in [4.78, 5) is 4.15. The van der Waals surface area contributed by atoms with Gasteiger partial charge in [-0.15, -0.1) is 0 Å². The van der Waals surface area contributed by atoms with Gasteiger partial charge in [0, 0.05) is 31.6 Å². The largest absolute Gasteiger partial charge is 0.375 e. The normalized spacial score (nSPS) is 26.6. The van der Waals surface area contributed by atoms with Crippen LogP contribution >= 0.6 is 0 Å². The molecule has 1 aliphatic carbocycles. The Morgan fingerprint density at radius 2 is 2.28 bits per heavy atom. The first-order valence-electron chi connectivity index (χ1n) is 7.13. The molecule has 1 aromatic rings. The number of nitrogens with zero attached hydrogens (tertiary/aromatic N) is 1. The highest BCUT2D eigenvalue weighted by Crippen LogP contribution is 2.39. The zero-order chi connectivity index (χ0) is 12.3. The lowest BCUT2D eigenvalue weighted by molar-refractivity contribution is -0.0837. The van der Waals surface area contributed by atoms with Crippen LogP contribution in [0, 0.1) is 0 Å². The Hall–Kier alpha value is -0.930. The van der Waals surface area contributed by atoms with Gasteiger partial charge in [-0.25, -0.2) is 0 Å². The molecular weight excluding hydrogens is 224 g/mol. The van der Waals surface area contributed by atoms with Crippen molar-refractivity contribution in [2.24, 2.45) is 0 Å². The van der Waals surface area contributed by atoms with Gasteiger partial charge in [0.05, 0.1) is 5.60 Å². The van der Waals surface area contributed by atoms with Crippen molar-refractivity contribution in [3.63, 3.8) is 0 Å². The minimum Gasteiger partial charge on any atom is -0.375 e. The summed E-state index contributed by atoms with van der Waals surface area (Å²) in [6.07, 6.45) is 11.3. The Balaban J connectivity index is 1.54. The Bertz CT molecular complexity index is 373. The lowest BCUT2D eigenvalue weighted by Crippen LogP contribution is -2.45. The van der Waals surface area contributed by atoms with E-state index in [-0.39, 0.29) is 5.60 Å². The third kappa shape index (κ3) is 2.73. The van der Waals surface area contributed by atoms with Gasteiger partial charge in [0.1, 0.15) is 0 Å². The summed E-state index contributed by atoms with van der Waals surface area (Å²) in [5.41, 5.74) is 1.48. The van der Waals surface area contributed by atoms with Crippen molar-refractivity contribution in [2.45, 2.75) is 56.7 Å². The van der Waals surface area contributed by atoms with Crippen LogP contribution in [0.15, 0.2) is 24.5 Å². The molecule has 1 unspecified atom stereocenters. The van der Waals surface area contributed by atoms with E-state index in [0.717, 1.165) is 19.6 Å². The molecule has 18 heavy (non-hydrogen) atoms. The maximum absolute atomic E-state index is 6.06. The van der Waals surface area contributed by atoms with Gasteiger partial charge in [0.25, 0.3) is 0 Å². The van der Waals surface area contributed by atoms with E-state index in [4.69, 9.17) is 4.74 Å². The first-order chi connectivity index (χ1) is 8.86. The monoisotopic (exact) mass is 246 g/mol. The summed E-state index contributed by atoms with van der Waals surface area (Å²) in [6, 6.07) is 4.74. The summed E-state index contributed by atoms with van der Waals surface area (Å²) in [5.74, 6) is 0. The molecule has 3 heteroatoms. The topological polar surface area (TPSA) is 34.2 Å². The second-order valence-corrected chi connectivity index (χ2v) is 5.67. The molecular formula is C15H22N2O. The van der Waals surface area contributed by atoms with Crippen molar-refractivity contribution in [1.82, 2.24) is 10.3 Å². The highest BCUT2D eigenvalue weighted by molar-refractivity contribution is 5.08. The highest BCUT2D eigenvalue weighted by Gasteiger charge is 2.39. The number of rotatable bonds is 3. The van der Waals surface area contributed by atoms with E-state index in [1.807, 2.05) is 18.5 Å². The SMILES string of the molecule is c1cncc(CNC2CCOC3(CCCC3)C2)c1. The fourth-order valence-electron chi connectivity index (χ4n) is 3.33. The van der Waals surface area contributed by atoms with Crippen molar-refractivity contribution in [3.8, 4) is 0 Å². The Morgan fingerprint density at radius 1 is 1.39 bits per heavy atom. The van der Waals surface area contributed by atoms with Gasteiger partial charge in [0.15, 0.2) is 0 Å². The average Bonchev–Trinajstić information content (AvgIpc) is 2.86. The second-order valence-electron chi connectivity index (χ2n) is 5.67. The first-order valence-corrected chi connectivity index (χ1v) is 7.13. The minimum atomic E-state index is 0.213. The van der Waals surface area contributed by atoms with E-state index in [9.17, 15) is 0 Å². The molecule has 1 aromatic heterocycles. The molecule has 98 valence electrons. The molecule has 2 fully saturated rings. The summed E-state index contributed by atoms with van der Waals surface area (Å²) < 4.78 is 6.06. The Kier molecular flexibility index (Phi) is 3.62. The summed E-state index contributed by atoms with van der Waals surface area (Å²) in [6.45, 7) is 1.85. The summed E-state index contributed by atoms with van der Waals surface area (Å²) in [7, 11) is 0. The van der Waals surface area contributed by atoms with Crippen molar-refractivity contribution >= 4 is 0 Å². The van der Waals surface area contributed by atoms with Gasteiger partial charge in [-0.2, -0.15) is 0 Å². The van der Waals surface area contributed by atoms with Gasteiger partial charge in [-0.1, -0.05) is 18.9 Å². The van der Waals surface area contributed by atoms with Gasteiger partial charge in [-0.3, -0.25) is 4.98 Å². The molecule has 1 saturated heterocycles. The quantitative estimate of drug-likeness (QED) is 0.890. The van der Waals surface area contributed by atoms with Crippen molar-refractivity contribution in [2.75, 3.05) is 6.61 Å². The van der Waals surface area contributed by atoms with Crippen molar-refractivity contribution in [1.29, 1.82) is 0 Å². The lowest BCUT2D eigenvalue weighted by Gasteiger charge is -2.38. The predicted molar refractivity (Wildman–Crippen MR) is 71.2 cm³/mol. The zero-order valence-corrected chi connectivity index (χ0v) is 10.9. The number of aromatic nitrogens is 1. The highest BCUT2D eigenvalue weighted by atomic mass is 16.5. The third-order valence-electron chi connectivity index (χ3n) is 4.33. The molecule has 2 heterocycles. The van der Waals surface area contributed by atoms with Gasteiger partial charge in [0.2, 0.25) is 0 Å². The van der Waals surface area contributed by atoms with Gasteiger partial charge >= 0.3 is 0 Å². The number of hydrogen-bond donors (Lipinski definition) is 1.